The largest absolute Gasteiger partial charge is 0.378 e. The summed E-state index contributed by atoms with van der Waals surface area (Å²) >= 11 is 0. The van der Waals surface area contributed by atoms with Crippen molar-refractivity contribution in [1.82, 2.24) is 15.1 Å². The fraction of sp³-hybridized carbons (Fsp3) is 0.923. The highest BCUT2D eigenvalue weighted by Gasteiger charge is 2.36. The number of urea groups is 1. The monoisotopic (exact) mass is 253 g/mol. The molecule has 3 fully saturated rings. The second kappa shape index (κ2) is 5.45. The van der Waals surface area contributed by atoms with Gasteiger partial charge in [0.15, 0.2) is 0 Å². The van der Waals surface area contributed by atoms with E-state index in [0.29, 0.717) is 25.3 Å². The maximum absolute atomic E-state index is 12.2. The normalized spacial score (nSPS) is 33.2. The van der Waals surface area contributed by atoms with Crippen LogP contribution in [0.2, 0.25) is 0 Å². The smallest absolute Gasteiger partial charge is 0.317 e. The van der Waals surface area contributed by atoms with E-state index < -0.39 is 0 Å². The van der Waals surface area contributed by atoms with E-state index in [-0.39, 0.29) is 6.03 Å². The standard InChI is InChI=1S/C13H23N3O2/c17-13(16-7-9-18-10-8-16)14-11-4-6-15-5-2-1-3-12(11)15/h11-12H,1-10H2,(H,14,17). The molecule has 0 bridgehead atoms. The number of nitrogens with zero attached hydrogens (tertiary/aromatic N) is 2. The molecule has 5 nitrogen and oxygen atoms in total. The molecule has 2 amide bonds. The molecule has 0 aliphatic carbocycles. The van der Waals surface area contributed by atoms with Crippen LogP contribution in [0.3, 0.4) is 0 Å². The van der Waals surface area contributed by atoms with Gasteiger partial charge in [0.1, 0.15) is 0 Å². The van der Waals surface area contributed by atoms with Crippen LogP contribution in [0.1, 0.15) is 25.7 Å². The van der Waals surface area contributed by atoms with Gasteiger partial charge in [0.05, 0.1) is 13.2 Å². The first kappa shape index (κ1) is 12.2. The van der Waals surface area contributed by atoms with Crippen molar-refractivity contribution < 1.29 is 9.53 Å². The Morgan fingerprint density at radius 2 is 1.89 bits per heavy atom. The Morgan fingerprint density at radius 3 is 2.72 bits per heavy atom. The van der Waals surface area contributed by atoms with Gasteiger partial charge in [-0.3, -0.25) is 4.90 Å². The van der Waals surface area contributed by atoms with E-state index in [1.165, 1.54) is 25.8 Å². The highest BCUT2D eigenvalue weighted by Crippen LogP contribution is 2.27. The van der Waals surface area contributed by atoms with E-state index in [0.717, 1.165) is 26.1 Å². The molecule has 0 aromatic rings. The Hall–Kier alpha value is -0.810. The zero-order valence-electron chi connectivity index (χ0n) is 10.9. The number of rotatable bonds is 1. The van der Waals surface area contributed by atoms with Crippen molar-refractivity contribution in [2.45, 2.75) is 37.8 Å². The Balaban J connectivity index is 1.54. The molecule has 0 aromatic carbocycles. The van der Waals surface area contributed by atoms with E-state index in [2.05, 4.69) is 10.2 Å². The summed E-state index contributed by atoms with van der Waals surface area (Å²) in [5.74, 6) is 0. The Kier molecular flexibility index (Phi) is 3.70. The fourth-order valence-corrected chi connectivity index (χ4v) is 3.43. The number of carbonyl (C=O) groups is 1. The average Bonchev–Trinajstić information content (AvgIpc) is 2.83. The first-order valence-electron chi connectivity index (χ1n) is 7.22. The molecule has 0 aromatic heterocycles. The van der Waals surface area contributed by atoms with Gasteiger partial charge in [0, 0.05) is 31.7 Å². The molecule has 102 valence electrons. The molecule has 3 saturated heterocycles. The molecule has 3 aliphatic heterocycles. The van der Waals surface area contributed by atoms with Crippen LogP contribution in [0, 0.1) is 0 Å². The lowest BCUT2D eigenvalue weighted by molar-refractivity contribution is 0.0518. The second-order valence-electron chi connectivity index (χ2n) is 5.54. The minimum absolute atomic E-state index is 0.107. The lowest BCUT2D eigenvalue weighted by Gasteiger charge is -2.34. The third-order valence-electron chi connectivity index (χ3n) is 4.46. The topological polar surface area (TPSA) is 44.8 Å². The van der Waals surface area contributed by atoms with E-state index in [9.17, 15) is 4.79 Å². The number of hydrogen-bond donors (Lipinski definition) is 1. The molecule has 0 radical (unpaired) electrons. The van der Waals surface area contributed by atoms with Gasteiger partial charge in [-0.15, -0.1) is 0 Å². The van der Waals surface area contributed by atoms with Crippen molar-refractivity contribution in [1.29, 1.82) is 0 Å². The van der Waals surface area contributed by atoms with Crippen LogP contribution in [-0.4, -0.2) is 67.3 Å². The van der Waals surface area contributed by atoms with Crippen molar-refractivity contribution in [3.63, 3.8) is 0 Å². The number of piperidine rings is 1. The highest BCUT2D eigenvalue weighted by molar-refractivity contribution is 5.74. The van der Waals surface area contributed by atoms with Crippen molar-refractivity contribution in [2.24, 2.45) is 0 Å². The van der Waals surface area contributed by atoms with Crippen LogP contribution in [-0.2, 0) is 4.74 Å². The number of ether oxygens (including phenoxy) is 1. The third-order valence-corrected chi connectivity index (χ3v) is 4.46. The summed E-state index contributed by atoms with van der Waals surface area (Å²) < 4.78 is 5.28. The summed E-state index contributed by atoms with van der Waals surface area (Å²) in [5, 5.41) is 3.24. The Bertz CT molecular complexity index is 305. The van der Waals surface area contributed by atoms with E-state index in [1.807, 2.05) is 4.90 Å². The molecule has 0 saturated carbocycles. The number of morpholine rings is 1. The van der Waals surface area contributed by atoms with Gasteiger partial charge in [0.25, 0.3) is 0 Å². The van der Waals surface area contributed by atoms with Crippen LogP contribution in [0.25, 0.3) is 0 Å². The lowest BCUT2D eigenvalue weighted by atomic mass is 9.99. The maximum atomic E-state index is 12.2. The van der Waals surface area contributed by atoms with Crippen LogP contribution < -0.4 is 5.32 Å². The number of carbonyl (C=O) groups excluding carboxylic acids is 1. The number of amides is 2. The molecule has 2 atom stereocenters. The summed E-state index contributed by atoms with van der Waals surface area (Å²) in [4.78, 5) is 16.6. The molecule has 2 unspecified atom stereocenters. The van der Waals surface area contributed by atoms with Crippen molar-refractivity contribution >= 4 is 6.03 Å². The van der Waals surface area contributed by atoms with E-state index in [4.69, 9.17) is 4.74 Å². The Morgan fingerprint density at radius 1 is 1.06 bits per heavy atom. The van der Waals surface area contributed by atoms with Crippen LogP contribution in [0.4, 0.5) is 4.79 Å². The molecule has 0 spiro atoms. The van der Waals surface area contributed by atoms with Gasteiger partial charge >= 0.3 is 6.03 Å². The Labute approximate surface area is 108 Å². The molecule has 3 rings (SSSR count). The quantitative estimate of drug-likeness (QED) is 0.746. The molecule has 3 heterocycles. The molecule has 3 aliphatic rings. The third kappa shape index (κ3) is 2.47. The van der Waals surface area contributed by atoms with Crippen LogP contribution in [0.5, 0.6) is 0 Å². The zero-order chi connectivity index (χ0) is 12.4. The molecule has 1 N–H and O–H groups in total. The second-order valence-corrected chi connectivity index (χ2v) is 5.54. The molecular weight excluding hydrogens is 230 g/mol. The van der Waals surface area contributed by atoms with E-state index >= 15 is 0 Å². The summed E-state index contributed by atoms with van der Waals surface area (Å²) in [5.41, 5.74) is 0. The van der Waals surface area contributed by atoms with E-state index in [1.54, 1.807) is 0 Å². The highest BCUT2D eigenvalue weighted by atomic mass is 16.5. The van der Waals surface area contributed by atoms with Crippen LogP contribution >= 0.6 is 0 Å². The number of nitrogens with one attached hydrogen (secondary N) is 1. The summed E-state index contributed by atoms with van der Waals surface area (Å²) in [6, 6.07) is 1.06. The summed E-state index contributed by atoms with van der Waals surface area (Å²) in [6.45, 7) is 5.18. The van der Waals surface area contributed by atoms with Crippen molar-refractivity contribution in [2.75, 3.05) is 39.4 Å². The first-order valence-corrected chi connectivity index (χ1v) is 7.22. The predicted octanol–water partition coefficient (Wildman–Crippen LogP) is 0.655. The summed E-state index contributed by atoms with van der Waals surface area (Å²) in [6.07, 6.45) is 4.99. The number of fused-ring (bicyclic) bond motifs is 1. The van der Waals surface area contributed by atoms with Gasteiger partial charge in [-0.25, -0.2) is 4.79 Å². The summed E-state index contributed by atoms with van der Waals surface area (Å²) in [7, 11) is 0. The minimum atomic E-state index is 0.107. The SMILES string of the molecule is O=C(NC1CCN2CCCCC12)N1CCOCC1. The number of hydrogen-bond acceptors (Lipinski definition) is 3. The van der Waals surface area contributed by atoms with Crippen molar-refractivity contribution in [3.05, 3.63) is 0 Å². The minimum Gasteiger partial charge on any atom is -0.378 e. The van der Waals surface area contributed by atoms with Gasteiger partial charge in [-0.2, -0.15) is 0 Å². The predicted molar refractivity (Wildman–Crippen MR) is 68.5 cm³/mol. The molecule has 5 heteroatoms. The molecular formula is C13H23N3O2. The first-order chi connectivity index (χ1) is 8.84. The fourth-order valence-electron chi connectivity index (χ4n) is 3.43. The lowest BCUT2D eigenvalue weighted by Crippen LogP contribution is -2.53. The van der Waals surface area contributed by atoms with Crippen molar-refractivity contribution in [3.8, 4) is 0 Å². The molecule has 18 heavy (non-hydrogen) atoms. The van der Waals surface area contributed by atoms with Crippen LogP contribution in [0.15, 0.2) is 0 Å². The maximum Gasteiger partial charge on any atom is 0.317 e. The zero-order valence-corrected chi connectivity index (χ0v) is 10.9. The van der Waals surface area contributed by atoms with Gasteiger partial charge < -0.3 is 15.0 Å². The average molecular weight is 253 g/mol. The van der Waals surface area contributed by atoms with Gasteiger partial charge in [-0.1, -0.05) is 6.42 Å². The van der Waals surface area contributed by atoms with Gasteiger partial charge in [0.2, 0.25) is 0 Å². The van der Waals surface area contributed by atoms with Gasteiger partial charge in [-0.05, 0) is 25.8 Å².